The Labute approximate surface area is 840 Å². The van der Waals surface area contributed by atoms with Gasteiger partial charge in [0.2, 0.25) is 0 Å². The molecule has 0 aliphatic carbocycles. The summed E-state index contributed by atoms with van der Waals surface area (Å²) in [5.74, 6) is -2.95. The van der Waals surface area contributed by atoms with Crippen LogP contribution in [0, 0.1) is 0 Å². The molecule has 5 aromatic carbocycles. The van der Waals surface area contributed by atoms with Crippen LogP contribution in [0.25, 0.3) is 109 Å². The molecule has 5 aliphatic rings. The lowest BCUT2D eigenvalue weighted by Gasteiger charge is -2.42. The molecule has 0 radical (unpaired) electrons. The van der Waals surface area contributed by atoms with Crippen molar-refractivity contribution in [1.29, 1.82) is 0 Å². The molecule has 3 atom stereocenters. The topological polar surface area (TPSA) is 445 Å². The molecule has 36 nitrogen and oxygen atoms in total. The Morgan fingerprint density at radius 1 is 0.411 bits per heavy atom. The van der Waals surface area contributed by atoms with Gasteiger partial charge in [-0.25, -0.2) is 29.9 Å². The number of carbonyl (C=O) groups is 5. The monoisotopic (exact) mass is 2020 g/mol. The Kier molecular flexibility index (Phi) is 32.2. The van der Waals surface area contributed by atoms with Crippen molar-refractivity contribution in [2.75, 3.05) is 119 Å². The van der Waals surface area contributed by atoms with E-state index in [2.05, 4.69) is 129 Å². The first-order valence-electron chi connectivity index (χ1n) is 47.1. The zero-order valence-corrected chi connectivity index (χ0v) is 83.1. The molecule has 146 heavy (non-hydrogen) atoms. The number of ether oxygens (including phenoxy) is 7. The smallest absolute Gasteiger partial charge is 0.415 e. The number of morpholine rings is 5. The van der Waals surface area contributed by atoms with E-state index in [1.807, 2.05) is 88.4 Å². The Morgan fingerprint density at radius 3 is 1.05 bits per heavy atom. The van der Waals surface area contributed by atoms with Crippen LogP contribution in [0.1, 0.15) is 108 Å². The highest BCUT2D eigenvalue weighted by atomic mass is 32.1. The highest BCUT2D eigenvalue weighted by Crippen LogP contribution is 2.40. The standard InChI is InChI=1S/C21H25N5O3.2C21H25N5O2.C20H20F3N5O2.C20H19F3N4O3S/c1-25-11-15(9-23-25)18-8-20(21(22)27)24-19-7-14(3-4-17(18)19)10-26-5-6-29-16(12-26)13-28-2;1-21(2)13-28-7-6-26(21)11-14-4-5-16-17(15-10-23-25(3)12-15)9-19(20(22)27)24-18(16)8-14;1-21(2)13-26(6-7-28-21)11-14-4-5-16-17(15-10-23-25(3)12-15)9-19(20(22)27)24-18(16)8-14;1-27-10-13(8-25-27)15-7-17(19(24)29)26-16-6-12(2-3-14(15)16)9-28-4-5-30-18(11-28)20(21,22)23;1-29-19-25-8-16(31-19)13-7-15(18(24)28)26-14-6-11(2-3-12(13)14)9-27-4-5-30-17(10-27)20(21,22)23/h3-4,7-9,11,16H,5-6,10,12-13H2,1-2H3,(H2,22,27);2*4-5,8-10,12H,6-7,11,13H2,1-3H3,(H2,22,27);2-3,6-8,10,18H,4-5,9,11H2,1H3,(H2,24,29);2-3,6-8,17H,4-5,9-10H2,1H3,(H2,24,28)/t;;;18-;/m...1./s1. The molecule has 766 valence electrons. The van der Waals surface area contributed by atoms with Crippen LogP contribution in [0.5, 0.6) is 5.19 Å². The number of benzene rings is 5. The number of primary amides is 5. The first-order valence-corrected chi connectivity index (χ1v) is 47.9. The fourth-order valence-corrected chi connectivity index (χ4v) is 19.1. The largest absolute Gasteiger partial charge is 0.473 e. The van der Waals surface area contributed by atoms with Gasteiger partial charge in [-0.1, -0.05) is 72.0 Å². The number of amides is 5. The first kappa shape index (κ1) is 105. The summed E-state index contributed by atoms with van der Waals surface area (Å²) in [6.45, 7) is 19.8. The second-order valence-electron chi connectivity index (χ2n) is 37.7. The summed E-state index contributed by atoms with van der Waals surface area (Å²) in [6.07, 6.45) is 3.94. The Morgan fingerprint density at radius 2 is 0.740 bits per heavy atom. The van der Waals surface area contributed by atoms with Crippen molar-refractivity contribution in [3.05, 3.63) is 233 Å². The van der Waals surface area contributed by atoms with E-state index < -0.39 is 54.1 Å². The van der Waals surface area contributed by atoms with E-state index >= 15 is 0 Å². The summed E-state index contributed by atoms with van der Waals surface area (Å²) in [5, 5.41) is 21.9. The van der Waals surface area contributed by atoms with Gasteiger partial charge in [-0.05, 0) is 138 Å². The number of methoxy groups -OCH3 is 2. The van der Waals surface area contributed by atoms with Crippen molar-refractivity contribution >= 4 is 95.4 Å². The molecule has 5 fully saturated rings. The zero-order valence-electron chi connectivity index (χ0n) is 82.3. The van der Waals surface area contributed by atoms with Gasteiger partial charge in [0.1, 0.15) is 28.5 Å². The Bertz CT molecular complexity index is 7310. The molecule has 10 N–H and O–H groups in total. The van der Waals surface area contributed by atoms with Crippen LogP contribution in [0.2, 0.25) is 0 Å². The van der Waals surface area contributed by atoms with Gasteiger partial charge in [0.05, 0.1) is 122 Å². The maximum atomic E-state index is 13.0. The first-order chi connectivity index (χ1) is 69.6. The lowest BCUT2D eigenvalue weighted by Crippen LogP contribution is -2.52. The van der Waals surface area contributed by atoms with Crippen LogP contribution in [0.15, 0.2) is 177 Å². The van der Waals surface area contributed by atoms with Gasteiger partial charge in [-0.15, -0.1) is 0 Å². The summed E-state index contributed by atoms with van der Waals surface area (Å²) in [4.78, 5) is 96.8. The predicted octanol–water partition coefficient (Wildman–Crippen LogP) is 12.0. The number of alkyl halides is 6. The molecule has 20 rings (SSSR count). The summed E-state index contributed by atoms with van der Waals surface area (Å²) in [5.41, 5.74) is 44.5. The quantitative estimate of drug-likeness (QED) is 0.0371. The highest BCUT2D eigenvalue weighted by Gasteiger charge is 2.45. The third kappa shape index (κ3) is 25.9. The Balaban J connectivity index is 0.000000131. The van der Waals surface area contributed by atoms with Crippen molar-refractivity contribution in [3.8, 4) is 60.1 Å². The summed E-state index contributed by atoms with van der Waals surface area (Å²) >= 11 is 1.31. The van der Waals surface area contributed by atoms with Gasteiger partial charge in [0.15, 0.2) is 12.2 Å². The minimum Gasteiger partial charge on any atom is -0.473 e. The molecule has 0 saturated carbocycles. The van der Waals surface area contributed by atoms with E-state index in [0.29, 0.717) is 55.6 Å². The number of hydrogen-bond donors (Lipinski definition) is 5. The fourth-order valence-electron chi connectivity index (χ4n) is 18.4. The van der Waals surface area contributed by atoms with Crippen LogP contribution < -0.4 is 33.4 Å². The number of halogens is 6. The molecule has 0 spiro atoms. The van der Waals surface area contributed by atoms with Crippen molar-refractivity contribution < 1.29 is 83.5 Å². The third-order valence-electron chi connectivity index (χ3n) is 25.5. The number of carbonyl (C=O) groups excluding carboxylic acids is 5. The minimum absolute atomic E-state index is 0.0131. The van der Waals surface area contributed by atoms with Gasteiger partial charge < -0.3 is 61.8 Å². The van der Waals surface area contributed by atoms with Gasteiger partial charge >= 0.3 is 12.4 Å². The molecule has 5 aliphatic heterocycles. The van der Waals surface area contributed by atoms with Crippen molar-refractivity contribution in [1.82, 2.24) is 93.5 Å². The maximum Gasteiger partial charge on any atom is 0.415 e. The predicted molar refractivity (Wildman–Crippen MR) is 537 cm³/mol. The van der Waals surface area contributed by atoms with Gasteiger partial charge in [-0.3, -0.25) is 67.2 Å². The van der Waals surface area contributed by atoms with E-state index in [9.17, 15) is 50.3 Å². The van der Waals surface area contributed by atoms with Crippen LogP contribution in [0.3, 0.4) is 0 Å². The van der Waals surface area contributed by atoms with Crippen LogP contribution in [0.4, 0.5) is 26.3 Å². The average Bonchev–Trinajstić information content (AvgIpc) is 1.39. The molecule has 15 aromatic rings. The summed E-state index contributed by atoms with van der Waals surface area (Å²) in [6, 6.07) is 38.0. The average molecular weight is 2030 g/mol. The van der Waals surface area contributed by atoms with Crippen LogP contribution in [-0.2, 0) is 89.3 Å². The van der Waals surface area contributed by atoms with Gasteiger partial charge in [-0.2, -0.15) is 46.7 Å². The number of nitrogens with zero attached hydrogens (tertiary/aromatic N) is 19. The van der Waals surface area contributed by atoms with Gasteiger partial charge in [0, 0.05) is 218 Å². The second-order valence-corrected chi connectivity index (χ2v) is 38.7. The number of pyridine rings is 5. The van der Waals surface area contributed by atoms with E-state index in [0.717, 1.165) is 198 Å². The second kappa shape index (κ2) is 44.9. The molecule has 5 saturated heterocycles. The molecule has 15 heterocycles. The Hall–Kier alpha value is -14.1. The SMILES string of the molecule is COCC1CN(Cc2ccc3c(-c4cnn(C)c4)cc(C(N)=O)nc3c2)CCO1.COc1ncc(-c2cc(C(N)=O)nc3cc(CN4CCOC(C(F)(F)F)C4)ccc23)s1.Cn1cc(-c2cc(C(N)=O)nc3cc(CN4CCOC(C)(C)C4)ccc23)cn1.Cn1cc(-c2cc(C(N)=O)nc3cc(CN4CCOCC4(C)C)ccc23)cn1.Cn1cc(-c2cc(C(N)=O)nc3cc(CN4CCO[C@@H](C(F)(F)F)C4)ccc23)cn1. The zero-order chi connectivity index (χ0) is 104. The number of fused-ring (bicyclic) bond motifs is 5. The van der Waals surface area contributed by atoms with Crippen molar-refractivity contribution in [2.24, 2.45) is 56.9 Å². The molecule has 10 aromatic heterocycles. The third-order valence-corrected chi connectivity index (χ3v) is 26.5. The van der Waals surface area contributed by atoms with Crippen molar-refractivity contribution in [2.45, 2.75) is 102 Å². The van der Waals surface area contributed by atoms with E-state index in [4.69, 9.17) is 61.8 Å². The lowest BCUT2D eigenvalue weighted by atomic mass is 9.99. The molecular weight excluding hydrogens is 1910 g/mol. The summed E-state index contributed by atoms with van der Waals surface area (Å²) < 4.78 is 122. The van der Waals surface area contributed by atoms with E-state index in [1.165, 1.54) is 18.4 Å². The molecule has 2 unspecified atom stereocenters. The van der Waals surface area contributed by atoms with Crippen LogP contribution >= 0.6 is 11.3 Å². The lowest BCUT2D eigenvalue weighted by molar-refractivity contribution is -0.238. The number of hydrogen-bond acceptors (Lipinski definition) is 28. The van der Waals surface area contributed by atoms with Crippen LogP contribution in [-0.4, -0.2) is 284 Å². The van der Waals surface area contributed by atoms with E-state index in [1.54, 1.807) is 116 Å². The maximum absolute atomic E-state index is 13.0. The molecule has 0 bridgehead atoms. The number of rotatable bonds is 23. The van der Waals surface area contributed by atoms with Gasteiger partial charge in [0.25, 0.3) is 34.7 Å². The normalized spacial score (nSPS) is 17.5. The number of thiazole rings is 1. The molecule has 5 amide bonds. The molecular formula is C103H114F6N24O12S. The molecule has 43 heteroatoms. The van der Waals surface area contributed by atoms with E-state index in [-0.39, 0.29) is 72.0 Å². The fraction of sp³-hybridized carbons (Fsp3) is 0.369. The highest BCUT2D eigenvalue weighted by molar-refractivity contribution is 7.16. The summed E-state index contributed by atoms with van der Waals surface area (Å²) in [7, 11) is 10.6. The number of aryl methyl sites for hydroxylation is 4. The minimum atomic E-state index is -4.40. The van der Waals surface area contributed by atoms with Crippen molar-refractivity contribution in [3.63, 3.8) is 0 Å². The number of nitrogens with two attached hydrogens (primary N) is 5. The number of aromatic nitrogens is 14.